The first-order valence-corrected chi connectivity index (χ1v) is 12.1. The number of rotatable bonds is 8. The maximum atomic E-state index is 11.9. The molecule has 2 N–H and O–H groups in total. The molecular weight excluding hydrogens is 432 g/mol. The first-order chi connectivity index (χ1) is 15.1. The number of pyridine rings is 1. The van der Waals surface area contributed by atoms with Crippen molar-refractivity contribution in [2.75, 3.05) is 26.5 Å². The molecule has 1 atom stereocenters. The molecule has 9 heteroatoms. The van der Waals surface area contributed by atoms with Gasteiger partial charge in [-0.25, -0.2) is 4.98 Å². The van der Waals surface area contributed by atoms with Crippen molar-refractivity contribution >= 4 is 45.4 Å². The molecule has 0 aliphatic carbocycles. The molecule has 0 radical (unpaired) electrons. The van der Waals surface area contributed by atoms with Crippen LogP contribution >= 0.6 is 23.5 Å². The number of hydrogen-bond acceptors (Lipinski definition) is 7. The molecule has 162 valence electrons. The fraction of sp³-hybridized carbons (Fsp3) is 0.318. The maximum absolute atomic E-state index is 11.9. The fourth-order valence-electron chi connectivity index (χ4n) is 3.35. The average Bonchev–Trinajstić information content (AvgIpc) is 3.40. The van der Waals surface area contributed by atoms with E-state index >= 15 is 0 Å². The first-order valence-electron chi connectivity index (χ1n) is 9.96. The van der Waals surface area contributed by atoms with Crippen LogP contribution in [-0.4, -0.2) is 52.6 Å². The molecular formula is C22H24N4O3S2. The Kier molecular flexibility index (Phi) is 6.72. The van der Waals surface area contributed by atoms with Crippen LogP contribution in [0.25, 0.3) is 10.9 Å². The second-order valence-corrected chi connectivity index (χ2v) is 9.07. The molecule has 7 nitrogen and oxygen atoms in total. The Labute approximate surface area is 189 Å². The zero-order chi connectivity index (χ0) is 21.8. The summed E-state index contributed by atoms with van der Waals surface area (Å²) in [5, 5.41) is 5.82. The highest BCUT2D eigenvalue weighted by molar-refractivity contribution is 8.15. The van der Waals surface area contributed by atoms with Crippen LogP contribution in [0.4, 0.5) is 0 Å². The highest BCUT2D eigenvalue weighted by atomic mass is 32.2. The van der Waals surface area contributed by atoms with Crippen molar-refractivity contribution in [3.8, 4) is 17.2 Å². The van der Waals surface area contributed by atoms with E-state index in [1.165, 1.54) is 0 Å². The molecule has 1 aliphatic heterocycles. The highest BCUT2D eigenvalue weighted by Gasteiger charge is 2.24. The lowest BCUT2D eigenvalue weighted by molar-refractivity contribution is -0.120. The Balaban J connectivity index is 1.54. The van der Waals surface area contributed by atoms with Gasteiger partial charge < -0.3 is 19.8 Å². The number of carbonyl (C=O) groups excluding carboxylic acids is 1. The Morgan fingerprint density at radius 3 is 2.90 bits per heavy atom. The van der Waals surface area contributed by atoms with Crippen molar-refractivity contribution < 1.29 is 14.3 Å². The van der Waals surface area contributed by atoms with Crippen LogP contribution in [0, 0.1) is 0 Å². The summed E-state index contributed by atoms with van der Waals surface area (Å²) >= 11 is 3.22. The SMILES string of the molecule is CCNC(=O)CC1CN=C(c2cc3cc(Oc4ccc(SC)nc4)cc(OC)c3[nH]2)S1. The van der Waals surface area contributed by atoms with Crippen molar-refractivity contribution in [3.05, 3.63) is 42.2 Å². The third kappa shape index (κ3) is 4.99. The normalized spacial score (nSPS) is 15.7. The summed E-state index contributed by atoms with van der Waals surface area (Å²) < 4.78 is 11.6. The lowest BCUT2D eigenvalue weighted by atomic mass is 10.2. The van der Waals surface area contributed by atoms with Gasteiger partial charge in [0.2, 0.25) is 5.91 Å². The number of carbonyl (C=O) groups is 1. The zero-order valence-electron chi connectivity index (χ0n) is 17.6. The van der Waals surface area contributed by atoms with Crippen LogP contribution in [0.1, 0.15) is 19.0 Å². The Morgan fingerprint density at radius 1 is 1.32 bits per heavy atom. The van der Waals surface area contributed by atoms with E-state index in [4.69, 9.17) is 9.47 Å². The molecule has 1 amide bonds. The lowest BCUT2D eigenvalue weighted by Gasteiger charge is -2.09. The summed E-state index contributed by atoms with van der Waals surface area (Å²) in [6.45, 7) is 3.21. The number of hydrogen-bond donors (Lipinski definition) is 2. The van der Waals surface area contributed by atoms with Gasteiger partial charge >= 0.3 is 0 Å². The van der Waals surface area contributed by atoms with Gasteiger partial charge in [-0.3, -0.25) is 9.79 Å². The zero-order valence-corrected chi connectivity index (χ0v) is 19.2. The smallest absolute Gasteiger partial charge is 0.221 e. The minimum atomic E-state index is 0.0663. The van der Waals surface area contributed by atoms with Crippen LogP contribution in [0.5, 0.6) is 17.2 Å². The predicted molar refractivity (Wildman–Crippen MR) is 127 cm³/mol. The molecule has 3 aromatic rings. The number of benzene rings is 1. The number of aromatic amines is 1. The van der Waals surface area contributed by atoms with Crippen LogP contribution in [0.3, 0.4) is 0 Å². The molecule has 2 aromatic heterocycles. The molecule has 0 bridgehead atoms. The van der Waals surface area contributed by atoms with Gasteiger partial charge in [0.05, 0.1) is 36.1 Å². The number of nitrogens with zero attached hydrogens (tertiary/aromatic N) is 2. The molecule has 0 saturated heterocycles. The van der Waals surface area contributed by atoms with E-state index in [9.17, 15) is 4.79 Å². The molecule has 3 heterocycles. The number of ether oxygens (including phenoxy) is 2. The number of amides is 1. The Bertz CT molecular complexity index is 1110. The van der Waals surface area contributed by atoms with E-state index in [1.54, 1.807) is 36.8 Å². The van der Waals surface area contributed by atoms with Crippen molar-refractivity contribution in [2.24, 2.45) is 4.99 Å². The minimum absolute atomic E-state index is 0.0663. The van der Waals surface area contributed by atoms with Crippen molar-refractivity contribution in [1.29, 1.82) is 0 Å². The van der Waals surface area contributed by atoms with Crippen LogP contribution in [0.2, 0.25) is 0 Å². The van der Waals surface area contributed by atoms with Crippen LogP contribution in [0.15, 0.2) is 46.5 Å². The second-order valence-electron chi connectivity index (χ2n) is 6.95. The summed E-state index contributed by atoms with van der Waals surface area (Å²) in [6.07, 6.45) is 4.17. The number of H-pyrrole nitrogens is 1. The summed E-state index contributed by atoms with van der Waals surface area (Å²) in [7, 11) is 1.64. The number of aliphatic imine (C=N–C) groups is 1. The van der Waals surface area contributed by atoms with Gasteiger partial charge in [0, 0.05) is 29.7 Å². The molecule has 1 unspecified atom stereocenters. The monoisotopic (exact) mass is 456 g/mol. The summed E-state index contributed by atoms with van der Waals surface area (Å²) in [6, 6.07) is 9.69. The fourth-order valence-corrected chi connectivity index (χ4v) is 4.80. The number of aromatic nitrogens is 2. The Morgan fingerprint density at radius 2 is 2.19 bits per heavy atom. The summed E-state index contributed by atoms with van der Waals surface area (Å²) in [5.74, 6) is 2.09. The standard InChI is InChI=1S/C22H24N4O3S2/c1-4-23-19(27)10-16-12-25-22(31-16)17-8-13-7-15(9-18(28-2)21(13)26-17)29-14-5-6-20(30-3)24-11-14/h5-9,11,16,26H,4,10,12H2,1-3H3,(H,23,27). The molecule has 1 aromatic carbocycles. The highest BCUT2D eigenvalue weighted by Crippen LogP contribution is 2.36. The van der Waals surface area contributed by atoms with Gasteiger partial charge in [-0.2, -0.15) is 0 Å². The van der Waals surface area contributed by atoms with Crippen LogP contribution in [-0.2, 0) is 4.79 Å². The van der Waals surface area contributed by atoms with E-state index in [2.05, 4.69) is 20.3 Å². The van der Waals surface area contributed by atoms with Gasteiger partial charge in [-0.15, -0.1) is 11.8 Å². The van der Waals surface area contributed by atoms with Crippen molar-refractivity contribution in [3.63, 3.8) is 0 Å². The Hall–Kier alpha value is -2.65. The van der Waals surface area contributed by atoms with Gasteiger partial charge in [0.25, 0.3) is 0 Å². The first kappa shape index (κ1) is 21.6. The van der Waals surface area contributed by atoms with E-state index in [0.717, 1.165) is 26.7 Å². The van der Waals surface area contributed by atoms with E-state index in [-0.39, 0.29) is 11.2 Å². The molecule has 1 aliphatic rings. The maximum Gasteiger partial charge on any atom is 0.221 e. The summed E-state index contributed by atoms with van der Waals surface area (Å²) in [5.41, 5.74) is 1.80. The molecule has 0 spiro atoms. The topological polar surface area (TPSA) is 88.6 Å². The third-order valence-corrected chi connectivity index (χ3v) is 6.66. The van der Waals surface area contributed by atoms with Gasteiger partial charge in [-0.1, -0.05) is 11.8 Å². The molecule has 0 saturated carbocycles. The number of nitrogens with one attached hydrogen (secondary N) is 2. The van der Waals surface area contributed by atoms with Crippen molar-refractivity contribution in [1.82, 2.24) is 15.3 Å². The van der Waals surface area contributed by atoms with E-state index in [0.29, 0.717) is 36.8 Å². The van der Waals surface area contributed by atoms with E-state index in [1.807, 2.05) is 43.5 Å². The van der Waals surface area contributed by atoms with Gasteiger partial charge in [0.1, 0.15) is 22.3 Å². The molecule has 31 heavy (non-hydrogen) atoms. The number of thioether (sulfide) groups is 2. The molecule has 0 fully saturated rings. The summed E-state index contributed by atoms with van der Waals surface area (Å²) in [4.78, 5) is 24.3. The third-order valence-electron chi connectivity index (χ3n) is 4.77. The number of methoxy groups -OCH3 is 1. The van der Waals surface area contributed by atoms with Gasteiger partial charge in [-0.05, 0) is 37.4 Å². The molecule has 4 rings (SSSR count). The number of fused-ring (bicyclic) bond motifs is 1. The predicted octanol–water partition coefficient (Wildman–Crippen LogP) is 4.47. The second kappa shape index (κ2) is 9.65. The van der Waals surface area contributed by atoms with Gasteiger partial charge in [0.15, 0.2) is 0 Å². The average molecular weight is 457 g/mol. The quantitative estimate of drug-likeness (QED) is 0.486. The minimum Gasteiger partial charge on any atom is -0.494 e. The van der Waals surface area contributed by atoms with E-state index < -0.39 is 0 Å². The largest absolute Gasteiger partial charge is 0.494 e. The van der Waals surface area contributed by atoms with Crippen LogP contribution < -0.4 is 14.8 Å². The lowest BCUT2D eigenvalue weighted by Crippen LogP contribution is -2.26. The van der Waals surface area contributed by atoms with Crippen molar-refractivity contribution in [2.45, 2.75) is 23.6 Å².